The molecule has 0 aliphatic heterocycles. The van der Waals surface area contributed by atoms with Crippen LogP contribution < -0.4 is 0 Å². The van der Waals surface area contributed by atoms with E-state index in [-0.39, 0.29) is 12.0 Å². The van der Waals surface area contributed by atoms with E-state index in [1.54, 1.807) is 25.1 Å². The third-order valence-corrected chi connectivity index (χ3v) is 3.52. The molecule has 4 heteroatoms. The standard InChI is InChI=1S/C15H13BrF2O/c1-15(19,10-4-2-5-11(16)8-10)9-12-13(17)6-3-7-14(12)18/h2-8,19H,9H2,1H3. The summed E-state index contributed by atoms with van der Waals surface area (Å²) in [6.45, 7) is 1.54. The summed E-state index contributed by atoms with van der Waals surface area (Å²) in [4.78, 5) is 0. The summed E-state index contributed by atoms with van der Waals surface area (Å²) >= 11 is 3.31. The number of benzene rings is 2. The molecule has 19 heavy (non-hydrogen) atoms. The first kappa shape index (κ1) is 14.2. The van der Waals surface area contributed by atoms with Crippen LogP contribution in [-0.2, 0) is 12.0 Å². The van der Waals surface area contributed by atoms with Crippen molar-refractivity contribution in [1.82, 2.24) is 0 Å². The lowest BCUT2D eigenvalue weighted by Gasteiger charge is -2.24. The molecule has 0 spiro atoms. The maximum Gasteiger partial charge on any atom is 0.129 e. The van der Waals surface area contributed by atoms with Gasteiger partial charge in [0.05, 0.1) is 5.60 Å². The molecular formula is C15H13BrF2O. The fourth-order valence-corrected chi connectivity index (χ4v) is 2.37. The molecule has 0 bridgehead atoms. The van der Waals surface area contributed by atoms with Crippen LogP contribution in [0.1, 0.15) is 18.1 Å². The molecule has 0 heterocycles. The summed E-state index contributed by atoms with van der Waals surface area (Å²) in [7, 11) is 0. The van der Waals surface area contributed by atoms with Gasteiger partial charge in [0.1, 0.15) is 11.6 Å². The first-order valence-electron chi connectivity index (χ1n) is 5.81. The largest absolute Gasteiger partial charge is 0.385 e. The average molecular weight is 327 g/mol. The van der Waals surface area contributed by atoms with Gasteiger partial charge in [0, 0.05) is 16.5 Å². The van der Waals surface area contributed by atoms with Crippen molar-refractivity contribution in [3.8, 4) is 0 Å². The van der Waals surface area contributed by atoms with E-state index in [0.717, 1.165) is 4.47 Å². The fourth-order valence-electron chi connectivity index (χ4n) is 1.97. The molecule has 1 nitrogen and oxygen atoms in total. The van der Waals surface area contributed by atoms with Gasteiger partial charge in [-0.3, -0.25) is 0 Å². The Hall–Kier alpha value is -1.26. The SMILES string of the molecule is CC(O)(Cc1c(F)cccc1F)c1cccc(Br)c1. The highest BCUT2D eigenvalue weighted by atomic mass is 79.9. The number of hydrogen-bond donors (Lipinski definition) is 1. The third-order valence-electron chi connectivity index (χ3n) is 3.03. The molecule has 0 aliphatic carbocycles. The highest BCUT2D eigenvalue weighted by molar-refractivity contribution is 9.10. The number of hydrogen-bond acceptors (Lipinski definition) is 1. The van der Waals surface area contributed by atoms with Crippen molar-refractivity contribution in [1.29, 1.82) is 0 Å². The van der Waals surface area contributed by atoms with Gasteiger partial charge in [0.15, 0.2) is 0 Å². The summed E-state index contributed by atoms with van der Waals surface area (Å²) in [5, 5.41) is 10.5. The lowest BCUT2D eigenvalue weighted by Crippen LogP contribution is -2.25. The minimum absolute atomic E-state index is 0.104. The summed E-state index contributed by atoms with van der Waals surface area (Å²) in [5.41, 5.74) is -0.843. The molecule has 0 saturated heterocycles. The average Bonchev–Trinajstić information content (AvgIpc) is 2.34. The van der Waals surface area contributed by atoms with E-state index in [2.05, 4.69) is 15.9 Å². The van der Waals surface area contributed by atoms with Gasteiger partial charge in [0.25, 0.3) is 0 Å². The molecule has 0 fully saturated rings. The lowest BCUT2D eigenvalue weighted by molar-refractivity contribution is 0.0556. The van der Waals surface area contributed by atoms with E-state index in [1.807, 2.05) is 6.07 Å². The monoisotopic (exact) mass is 326 g/mol. The van der Waals surface area contributed by atoms with Crippen molar-refractivity contribution >= 4 is 15.9 Å². The molecule has 1 unspecified atom stereocenters. The van der Waals surface area contributed by atoms with Gasteiger partial charge < -0.3 is 5.11 Å². The first-order valence-corrected chi connectivity index (χ1v) is 6.61. The van der Waals surface area contributed by atoms with Gasteiger partial charge >= 0.3 is 0 Å². The topological polar surface area (TPSA) is 20.2 Å². The Balaban J connectivity index is 2.36. The zero-order valence-electron chi connectivity index (χ0n) is 10.3. The summed E-state index contributed by atoms with van der Waals surface area (Å²) < 4.78 is 28.0. The zero-order valence-corrected chi connectivity index (χ0v) is 11.9. The van der Waals surface area contributed by atoms with Gasteiger partial charge in [-0.1, -0.05) is 34.1 Å². The van der Waals surface area contributed by atoms with Gasteiger partial charge in [0.2, 0.25) is 0 Å². The second-order valence-electron chi connectivity index (χ2n) is 4.66. The second-order valence-corrected chi connectivity index (χ2v) is 5.58. The first-order chi connectivity index (χ1) is 8.90. The third kappa shape index (κ3) is 3.19. The molecule has 100 valence electrons. The van der Waals surface area contributed by atoms with Crippen LogP contribution >= 0.6 is 15.9 Å². The van der Waals surface area contributed by atoms with Crippen molar-refractivity contribution in [3.63, 3.8) is 0 Å². The molecule has 1 atom stereocenters. The van der Waals surface area contributed by atoms with Gasteiger partial charge in [-0.25, -0.2) is 8.78 Å². The molecule has 2 rings (SSSR count). The van der Waals surface area contributed by atoms with Gasteiger partial charge in [-0.15, -0.1) is 0 Å². The highest BCUT2D eigenvalue weighted by Gasteiger charge is 2.26. The molecule has 1 N–H and O–H groups in total. The molecule has 0 saturated carbocycles. The number of aliphatic hydroxyl groups is 1. The highest BCUT2D eigenvalue weighted by Crippen LogP contribution is 2.29. The van der Waals surface area contributed by atoms with E-state index in [0.29, 0.717) is 5.56 Å². The Labute approximate surface area is 119 Å². The van der Waals surface area contributed by atoms with Crippen LogP contribution in [-0.4, -0.2) is 5.11 Å². The Morgan fingerprint density at radius 1 is 1.11 bits per heavy atom. The maximum atomic E-state index is 13.6. The number of halogens is 3. The van der Waals surface area contributed by atoms with Gasteiger partial charge in [-0.2, -0.15) is 0 Å². The summed E-state index contributed by atoms with van der Waals surface area (Å²) in [6, 6.07) is 10.7. The van der Waals surface area contributed by atoms with E-state index >= 15 is 0 Å². The molecule has 0 amide bonds. The van der Waals surface area contributed by atoms with Crippen LogP contribution in [0.3, 0.4) is 0 Å². The lowest BCUT2D eigenvalue weighted by atomic mass is 9.89. The zero-order chi connectivity index (χ0) is 14.0. The quantitative estimate of drug-likeness (QED) is 0.897. The van der Waals surface area contributed by atoms with Crippen LogP contribution in [0.25, 0.3) is 0 Å². The van der Waals surface area contributed by atoms with Crippen molar-refractivity contribution in [3.05, 3.63) is 69.7 Å². The fraction of sp³-hybridized carbons (Fsp3) is 0.200. The normalized spacial score (nSPS) is 14.2. The molecule has 2 aromatic carbocycles. The van der Waals surface area contributed by atoms with Crippen LogP contribution in [0.4, 0.5) is 8.78 Å². The Bertz CT molecular complexity index is 576. The molecular weight excluding hydrogens is 314 g/mol. The minimum Gasteiger partial charge on any atom is -0.385 e. The maximum absolute atomic E-state index is 13.6. The smallest absolute Gasteiger partial charge is 0.129 e. The molecule has 0 radical (unpaired) electrons. The summed E-state index contributed by atoms with van der Waals surface area (Å²) in [6.07, 6.45) is -0.123. The Kier molecular flexibility index (Phi) is 4.02. The van der Waals surface area contributed by atoms with Crippen LogP contribution in [0.15, 0.2) is 46.9 Å². The van der Waals surface area contributed by atoms with Crippen molar-refractivity contribution in [2.75, 3.05) is 0 Å². The molecule has 0 aliphatic rings. The van der Waals surface area contributed by atoms with Gasteiger partial charge in [-0.05, 0) is 36.8 Å². The molecule has 0 aromatic heterocycles. The summed E-state index contributed by atoms with van der Waals surface area (Å²) in [5.74, 6) is -1.29. The second kappa shape index (κ2) is 5.39. The Morgan fingerprint density at radius 2 is 1.68 bits per heavy atom. The van der Waals surface area contributed by atoms with E-state index in [1.165, 1.54) is 18.2 Å². The van der Waals surface area contributed by atoms with Crippen LogP contribution in [0.2, 0.25) is 0 Å². The van der Waals surface area contributed by atoms with Crippen LogP contribution in [0, 0.1) is 11.6 Å². The van der Waals surface area contributed by atoms with E-state index in [9.17, 15) is 13.9 Å². The number of rotatable bonds is 3. The van der Waals surface area contributed by atoms with Crippen molar-refractivity contribution in [2.45, 2.75) is 18.9 Å². The minimum atomic E-state index is -1.34. The Morgan fingerprint density at radius 3 is 2.26 bits per heavy atom. The van der Waals surface area contributed by atoms with Crippen molar-refractivity contribution < 1.29 is 13.9 Å². The molecule has 2 aromatic rings. The van der Waals surface area contributed by atoms with E-state index in [4.69, 9.17) is 0 Å². The van der Waals surface area contributed by atoms with Crippen molar-refractivity contribution in [2.24, 2.45) is 0 Å². The predicted octanol–water partition coefficient (Wildman–Crippen LogP) is 4.18. The van der Waals surface area contributed by atoms with Crippen LogP contribution in [0.5, 0.6) is 0 Å². The van der Waals surface area contributed by atoms with E-state index < -0.39 is 17.2 Å². The predicted molar refractivity (Wildman–Crippen MR) is 73.8 cm³/mol.